The molecule has 1 unspecified atom stereocenters. The lowest BCUT2D eigenvalue weighted by molar-refractivity contribution is 0.00982. The Bertz CT molecular complexity index is 1140. The normalized spacial score (nSPS) is 13.3. The summed E-state index contributed by atoms with van der Waals surface area (Å²) in [6, 6.07) is 15.9. The van der Waals surface area contributed by atoms with Gasteiger partial charge in [-0.05, 0) is 54.7 Å². The van der Waals surface area contributed by atoms with Crippen molar-refractivity contribution >= 4 is 18.3 Å². The monoisotopic (exact) mass is 428 g/mol. The van der Waals surface area contributed by atoms with Gasteiger partial charge in [-0.1, -0.05) is 24.3 Å². The summed E-state index contributed by atoms with van der Waals surface area (Å²) in [5, 5.41) is 38.6. The summed E-state index contributed by atoms with van der Waals surface area (Å²) in [7, 11) is 0. The first kappa shape index (κ1) is 21.5. The zero-order valence-corrected chi connectivity index (χ0v) is 16.5. The third kappa shape index (κ3) is 4.84. The lowest BCUT2D eigenvalue weighted by Gasteiger charge is -2.13. The Hall–Kier alpha value is -3.24. The van der Waals surface area contributed by atoms with Gasteiger partial charge in [-0.2, -0.15) is 0 Å². The fraction of sp³-hybridized carbons (Fsp3) is 0.143. The highest BCUT2D eigenvalue weighted by Crippen LogP contribution is 2.25. The summed E-state index contributed by atoms with van der Waals surface area (Å²) in [5.74, 6) is 0.800. The van der Waals surface area contributed by atoms with Gasteiger partial charge < -0.3 is 25.2 Å². The number of rotatable bonds is 7. The van der Waals surface area contributed by atoms with Crippen LogP contribution in [-0.2, 0) is 0 Å². The molecule has 0 aliphatic rings. The van der Waals surface area contributed by atoms with Gasteiger partial charge in [-0.25, -0.2) is 0 Å². The van der Waals surface area contributed by atoms with E-state index in [1.807, 2.05) is 30.3 Å². The van der Waals surface area contributed by atoms with Crippen molar-refractivity contribution in [2.45, 2.75) is 12.2 Å². The van der Waals surface area contributed by atoms with E-state index in [0.29, 0.717) is 17.2 Å². The number of aliphatic hydroxyl groups excluding tert-OH is 3. The van der Waals surface area contributed by atoms with Crippen molar-refractivity contribution in [2.75, 3.05) is 6.61 Å². The van der Waals surface area contributed by atoms with E-state index in [4.69, 9.17) is 22.1 Å². The Labute approximate surface area is 176 Å². The van der Waals surface area contributed by atoms with E-state index in [1.54, 1.807) is 24.3 Å². The molecule has 9 heteroatoms. The number of nitrogens with zero attached hydrogens (tertiary/aromatic N) is 1. The quantitative estimate of drug-likeness (QED) is 0.365. The second kappa shape index (κ2) is 9.51. The van der Waals surface area contributed by atoms with Crippen molar-refractivity contribution in [1.29, 1.82) is 0 Å². The Morgan fingerprint density at radius 1 is 1.07 bits per heavy atom. The SMILES string of the molecule is O=c1[nH]c(=S)n(-c2ccc(Oc3ccccc3)cc2)c(O)c1C=CC(O)[C@H](O)CO. The maximum absolute atomic E-state index is 12.2. The summed E-state index contributed by atoms with van der Waals surface area (Å²) < 4.78 is 6.95. The fourth-order valence-electron chi connectivity index (χ4n) is 2.65. The van der Waals surface area contributed by atoms with Gasteiger partial charge in [-0.3, -0.25) is 14.3 Å². The van der Waals surface area contributed by atoms with Crippen LogP contribution in [0.5, 0.6) is 17.4 Å². The molecule has 0 saturated carbocycles. The summed E-state index contributed by atoms with van der Waals surface area (Å²) in [4.78, 5) is 14.6. The van der Waals surface area contributed by atoms with Gasteiger partial charge >= 0.3 is 0 Å². The number of nitrogens with one attached hydrogen (secondary N) is 1. The molecule has 0 radical (unpaired) electrons. The van der Waals surface area contributed by atoms with E-state index < -0.39 is 30.3 Å². The van der Waals surface area contributed by atoms with Crippen molar-refractivity contribution < 1.29 is 25.2 Å². The molecule has 8 nitrogen and oxygen atoms in total. The minimum atomic E-state index is -1.42. The first-order valence-corrected chi connectivity index (χ1v) is 9.38. The van der Waals surface area contributed by atoms with Crippen molar-refractivity contribution in [2.24, 2.45) is 0 Å². The maximum Gasteiger partial charge on any atom is 0.262 e. The molecule has 30 heavy (non-hydrogen) atoms. The van der Waals surface area contributed by atoms with Crippen LogP contribution in [0.25, 0.3) is 11.8 Å². The van der Waals surface area contributed by atoms with Crippen molar-refractivity contribution in [3.05, 3.63) is 81.4 Å². The number of benzene rings is 2. The lowest BCUT2D eigenvalue weighted by atomic mass is 10.1. The predicted molar refractivity (Wildman–Crippen MR) is 114 cm³/mol. The number of aromatic nitrogens is 2. The van der Waals surface area contributed by atoms with E-state index in [0.717, 1.165) is 12.2 Å². The van der Waals surface area contributed by atoms with Crippen LogP contribution in [0.2, 0.25) is 0 Å². The van der Waals surface area contributed by atoms with E-state index in [2.05, 4.69) is 4.98 Å². The van der Waals surface area contributed by atoms with Crippen LogP contribution in [0.3, 0.4) is 0 Å². The molecule has 0 bridgehead atoms. The summed E-state index contributed by atoms with van der Waals surface area (Å²) in [6.45, 7) is -0.656. The lowest BCUT2D eigenvalue weighted by Crippen LogP contribution is -2.27. The topological polar surface area (TPSA) is 128 Å². The van der Waals surface area contributed by atoms with Gasteiger partial charge in [-0.15, -0.1) is 0 Å². The van der Waals surface area contributed by atoms with E-state index in [-0.39, 0.29) is 10.3 Å². The highest BCUT2D eigenvalue weighted by atomic mass is 32.1. The molecule has 1 aromatic heterocycles. The Balaban J connectivity index is 1.93. The maximum atomic E-state index is 12.2. The largest absolute Gasteiger partial charge is 0.494 e. The Morgan fingerprint density at radius 3 is 2.33 bits per heavy atom. The second-order valence-electron chi connectivity index (χ2n) is 6.34. The summed E-state index contributed by atoms with van der Waals surface area (Å²) >= 11 is 5.17. The predicted octanol–water partition coefficient (Wildman–Crippen LogP) is 2.12. The summed E-state index contributed by atoms with van der Waals surface area (Å²) in [6.07, 6.45) is -0.588. The number of hydrogen-bond donors (Lipinski definition) is 5. The molecule has 2 atom stereocenters. The average molecular weight is 428 g/mol. The first-order valence-electron chi connectivity index (χ1n) is 8.97. The zero-order valence-electron chi connectivity index (χ0n) is 15.7. The molecule has 2 aromatic carbocycles. The molecule has 3 rings (SSSR count). The number of hydrogen-bond acceptors (Lipinski definition) is 7. The van der Waals surface area contributed by atoms with Crippen molar-refractivity contribution in [3.63, 3.8) is 0 Å². The molecule has 0 amide bonds. The molecule has 1 heterocycles. The van der Waals surface area contributed by atoms with Crippen molar-refractivity contribution in [1.82, 2.24) is 9.55 Å². The number of para-hydroxylation sites is 1. The third-order valence-corrected chi connectivity index (χ3v) is 4.52. The molecule has 0 aliphatic heterocycles. The first-order chi connectivity index (χ1) is 14.4. The van der Waals surface area contributed by atoms with Gasteiger partial charge in [0.1, 0.15) is 29.3 Å². The van der Waals surface area contributed by atoms with Crippen LogP contribution >= 0.6 is 12.2 Å². The summed E-state index contributed by atoms with van der Waals surface area (Å²) in [5.41, 5.74) is -0.364. The molecular weight excluding hydrogens is 408 g/mol. The van der Waals surface area contributed by atoms with Crippen LogP contribution in [0.1, 0.15) is 5.56 Å². The van der Waals surface area contributed by atoms with Crippen LogP contribution < -0.4 is 10.3 Å². The molecule has 0 spiro atoms. The van der Waals surface area contributed by atoms with E-state index >= 15 is 0 Å². The zero-order chi connectivity index (χ0) is 21.7. The number of aromatic amines is 1. The standard InChI is InChI=1S/C21H20N2O6S/c24-12-18(26)17(25)11-10-16-19(27)22-21(30)23(20(16)28)13-6-8-15(9-7-13)29-14-4-2-1-3-5-14/h1-11,17-18,24-26,28H,12H2,(H,22,27,30)/t17?,18-/m1/s1. The molecule has 3 aromatic rings. The third-order valence-electron chi connectivity index (χ3n) is 4.24. The number of ether oxygens (including phenoxy) is 1. The number of H-pyrrole nitrogens is 1. The molecule has 5 N–H and O–H groups in total. The average Bonchev–Trinajstić information content (AvgIpc) is 2.74. The van der Waals surface area contributed by atoms with Crippen LogP contribution in [-0.4, -0.2) is 48.8 Å². The van der Waals surface area contributed by atoms with E-state index in [9.17, 15) is 20.1 Å². The molecular formula is C21H20N2O6S. The van der Waals surface area contributed by atoms with Gasteiger partial charge in [0.05, 0.1) is 12.3 Å². The Morgan fingerprint density at radius 2 is 1.70 bits per heavy atom. The molecule has 0 saturated heterocycles. The molecule has 0 fully saturated rings. The molecule has 156 valence electrons. The number of aliphatic hydroxyl groups is 3. The van der Waals surface area contributed by atoms with Crippen LogP contribution in [0.4, 0.5) is 0 Å². The smallest absolute Gasteiger partial charge is 0.262 e. The van der Waals surface area contributed by atoms with E-state index in [1.165, 1.54) is 4.57 Å². The fourth-order valence-corrected chi connectivity index (χ4v) is 2.93. The minimum absolute atomic E-state index is 0.0256. The van der Waals surface area contributed by atoms with Crippen LogP contribution in [0, 0.1) is 4.77 Å². The Kier molecular flexibility index (Phi) is 6.80. The minimum Gasteiger partial charge on any atom is -0.494 e. The van der Waals surface area contributed by atoms with Gasteiger partial charge in [0, 0.05) is 0 Å². The van der Waals surface area contributed by atoms with Gasteiger partial charge in [0.2, 0.25) is 5.88 Å². The highest BCUT2D eigenvalue weighted by molar-refractivity contribution is 7.71. The van der Waals surface area contributed by atoms with Crippen LogP contribution in [0.15, 0.2) is 65.5 Å². The number of aromatic hydroxyl groups is 1. The van der Waals surface area contributed by atoms with Gasteiger partial charge in [0.15, 0.2) is 4.77 Å². The van der Waals surface area contributed by atoms with Crippen molar-refractivity contribution in [3.8, 4) is 23.1 Å². The molecule has 0 aliphatic carbocycles. The van der Waals surface area contributed by atoms with Gasteiger partial charge in [0.25, 0.3) is 5.56 Å². The second-order valence-corrected chi connectivity index (χ2v) is 6.73. The highest BCUT2D eigenvalue weighted by Gasteiger charge is 2.15.